The number of aromatic nitrogens is 2. The van der Waals surface area contributed by atoms with Crippen LogP contribution in [0.4, 0.5) is 5.82 Å². The number of anilines is 1. The summed E-state index contributed by atoms with van der Waals surface area (Å²) in [7, 11) is -3.66. The Morgan fingerprint density at radius 2 is 2.14 bits per heavy atom. The molecule has 0 radical (unpaired) electrons. The number of aryl methyl sites for hydroxylation is 2. The molecule has 1 heterocycles. The van der Waals surface area contributed by atoms with Gasteiger partial charge in [0.15, 0.2) is 5.82 Å². The number of rotatable bonds is 6. The second kappa shape index (κ2) is 6.28. The van der Waals surface area contributed by atoms with Crippen LogP contribution in [0.5, 0.6) is 0 Å². The molecule has 0 spiro atoms. The molecule has 1 aromatic heterocycles. The third kappa shape index (κ3) is 3.83. The Morgan fingerprint density at radius 1 is 1.38 bits per heavy atom. The summed E-state index contributed by atoms with van der Waals surface area (Å²) >= 11 is 0. The van der Waals surface area contributed by atoms with Crippen LogP contribution in [0, 0.1) is 6.92 Å². The minimum atomic E-state index is -3.66. The quantitative estimate of drug-likeness (QED) is 0.849. The van der Waals surface area contributed by atoms with Gasteiger partial charge < -0.3 is 5.73 Å². The van der Waals surface area contributed by atoms with E-state index in [9.17, 15) is 8.42 Å². The van der Waals surface area contributed by atoms with Crippen molar-refractivity contribution in [1.29, 1.82) is 0 Å². The van der Waals surface area contributed by atoms with Crippen molar-refractivity contribution in [2.75, 3.05) is 5.73 Å². The first-order valence-electron chi connectivity index (χ1n) is 6.80. The topological polar surface area (TPSA) is 90.0 Å². The van der Waals surface area contributed by atoms with Gasteiger partial charge in [-0.05, 0) is 18.9 Å². The Labute approximate surface area is 125 Å². The van der Waals surface area contributed by atoms with Crippen molar-refractivity contribution < 1.29 is 8.42 Å². The van der Waals surface area contributed by atoms with Crippen molar-refractivity contribution in [3.05, 3.63) is 41.6 Å². The summed E-state index contributed by atoms with van der Waals surface area (Å²) in [5.74, 6) is 0.0280. The molecule has 0 unspecified atom stereocenters. The molecule has 0 aliphatic rings. The van der Waals surface area contributed by atoms with Gasteiger partial charge in [0.05, 0.1) is 0 Å². The third-order valence-electron chi connectivity index (χ3n) is 3.05. The summed E-state index contributed by atoms with van der Waals surface area (Å²) in [5.41, 5.74) is 7.69. The lowest BCUT2D eigenvalue weighted by Gasteiger charge is -2.06. The Kier molecular flexibility index (Phi) is 4.64. The van der Waals surface area contributed by atoms with E-state index in [-0.39, 0.29) is 17.3 Å². The maximum absolute atomic E-state index is 12.3. The highest BCUT2D eigenvalue weighted by molar-refractivity contribution is 7.89. The van der Waals surface area contributed by atoms with Gasteiger partial charge in [0.25, 0.3) is 0 Å². The molecule has 0 aliphatic heterocycles. The molecule has 3 N–H and O–H groups in total. The normalized spacial score (nSPS) is 11.7. The number of nitrogen functional groups attached to an aromatic ring is 1. The second-order valence-electron chi connectivity index (χ2n) is 4.96. The van der Waals surface area contributed by atoms with E-state index >= 15 is 0 Å². The lowest BCUT2D eigenvalue weighted by molar-refractivity contribution is 0.579. The SMILES string of the molecule is CCCn1cc(S(=O)(=O)NCc2cccc(C)c2)c(N)n1. The Bertz CT molecular complexity index is 722. The summed E-state index contributed by atoms with van der Waals surface area (Å²) in [6, 6.07) is 7.67. The first kappa shape index (κ1) is 15.5. The molecule has 0 saturated heterocycles. The van der Waals surface area contributed by atoms with E-state index in [1.54, 1.807) is 4.68 Å². The fourth-order valence-electron chi connectivity index (χ4n) is 2.05. The molecule has 0 bridgehead atoms. The molecule has 2 rings (SSSR count). The highest BCUT2D eigenvalue weighted by atomic mass is 32.2. The molecular formula is C14H20N4O2S. The average molecular weight is 308 g/mol. The molecule has 0 atom stereocenters. The highest BCUT2D eigenvalue weighted by Gasteiger charge is 2.20. The van der Waals surface area contributed by atoms with Gasteiger partial charge in [-0.2, -0.15) is 5.10 Å². The maximum Gasteiger partial charge on any atom is 0.246 e. The molecule has 6 nitrogen and oxygen atoms in total. The van der Waals surface area contributed by atoms with E-state index in [4.69, 9.17) is 5.73 Å². The number of hydrogen-bond donors (Lipinski definition) is 2. The number of sulfonamides is 1. The van der Waals surface area contributed by atoms with E-state index < -0.39 is 10.0 Å². The first-order chi connectivity index (χ1) is 9.92. The molecule has 21 heavy (non-hydrogen) atoms. The van der Waals surface area contributed by atoms with Crippen molar-refractivity contribution in [1.82, 2.24) is 14.5 Å². The standard InChI is InChI=1S/C14H20N4O2S/c1-3-7-18-10-13(14(15)17-18)21(19,20)16-9-12-6-4-5-11(2)8-12/h4-6,8,10,16H,3,7,9H2,1-2H3,(H2,15,17). The van der Waals surface area contributed by atoms with Gasteiger partial charge in [-0.3, -0.25) is 4.68 Å². The van der Waals surface area contributed by atoms with Crippen LogP contribution in [0.15, 0.2) is 35.4 Å². The molecule has 0 amide bonds. The Hall–Kier alpha value is -1.86. The zero-order chi connectivity index (χ0) is 15.5. The van der Waals surface area contributed by atoms with Crippen molar-refractivity contribution in [2.24, 2.45) is 0 Å². The molecule has 0 fully saturated rings. The van der Waals surface area contributed by atoms with E-state index in [0.29, 0.717) is 6.54 Å². The van der Waals surface area contributed by atoms with Gasteiger partial charge >= 0.3 is 0 Å². The van der Waals surface area contributed by atoms with Crippen LogP contribution in [0.2, 0.25) is 0 Å². The molecule has 0 saturated carbocycles. The fourth-order valence-corrected chi connectivity index (χ4v) is 3.14. The van der Waals surface area contributed by atoms with Crippen LogP contribution in [-0.2, 0) is 23.1 Å². The number of nitrogens with one attached hydrogen (secondary N) is 1. The third-order valence-corrected chi connectivity index (χ3v) is 4.46. The summed E-state index contributed by atoms with van der Waals surface area (Å²) in [5, 5.41) is 4.01. The molecule has 0 aliphatic carbocycles. The van der Waals surface area contributed by atoms with Crippen LogP contribution in [-0.4, -0.2) is 18.2 Å². The Balaban J connectivity index is 2.15. The number of hydrogen-bond acceptors (Lipinski definition) is 4. The molecule has 7 heteroatoms. The van der Waals surface area contributed by atoms with Gasteiger partial charge in [0, 0.05) is 19.3 Å². The predicted octanol–water partition coefficient (Wildman–Crippen LogP) is 1.66. The van der Waals surface area contributed by atoms with E-state index in [0.717, 1.165) is 17.5 Å². The predicted molar refractivity (Wildman–Crippen MR) is 82.1 cm³/mol. The summed E-state index contributed by atoms with van der Waals surface area (Å²) in [4.78, 5) is 0.0311. The monoisotopic (exact) mass is 308 g/mol. The van der Waals surface area contributed by atoms with Gasteiger partial charge in [-0.15, -0.1) is 0 Å². The van der Waals surface area contributed by atoms with Crippen LogP contribution in [0.25, 0.3) is 0 Å². The van der Waals surface area contributed by atoms with E-state index in [1.807, 2.05) is 38.1 Å². The minimum absolute atomic E-state index is 0.0280. The van der Waals surface area contributed by atoms with Crippen molar-refractivity contribution in [3.63, 3.8) is 0 Å². The van der Waals surface area contributed by atoms with Gasteiger partial charge in [0.2, 0.25) is 10.0 Å². The largest absolute Gasteiger partial charge is 0.381 e. The molecular weight excluding hydrogens is 288 g/mol. The van der Waals surface area contributed by atoms with Crippen LogP contribution in [0.3, 0.4) is 0 Å². The summed E-state index contributed by atoms with van der Waals surface area (Å²) in [6.07, 6.45) is 2.33. The summed E-state index contributed by atoms with van der Waals surface area (Å²) in [6.45, 7) is 4.81. The van der Waals surface area contributed by atoms with Crippen LogP contribution < -0.4 is 10.5 Å². The summed E-state index contributed by atoms with van der Waals surface area (Å²) < 4.78 is 28.7. The number of nitrogens with two attached hydrogens (primary N) is 1. The fraction of sp³-hybridized carbons (Fsp3) is 0.357. The molecule has 114 valence electrons. The lowest BCUT2D eigenvalue weighted by atomic mass is 10.1. The van der Waals surface area contributed by atoms with E-state index in [1.165, 1.54) is 6.20 Å². The first-order valence-corrected chi connectivity index (χ1v) is 8.29. The van der Waals surface area contributed by atoms with Gasteiger partial charge in [-0.25, -0.2) is 13.1 Å². The minimum Gasteiger partial charge on any atom is -0.381 e. The average Bonchev–Trinajstić information content (AvgIpc) is 2.79. The Morgan fingerprint density at radius 3 is 2.81 bits per heavy atom. The molecule has 1 aromatic carbocycles. The van der Waals surface area contributed by atoms with Crippen LogP contribution >= 0.6 is 0 Å². The van der Waals surface area contributed by atoms with Gasteiger partial charge in [-0.1, -0.05) is 36.8 Å². The highest BCUT2D eigenvalue weighted by Crippen LogP contribution is 2.17. The van der Waals surface area contributed by atoms with Crippen molar-refractivity contribution in [2.45, 2.75) is 38.3 Å². The molecule has 2 aromatic rings. The van der Waals surface area contributed by atoms with E-state index in [2.05, 4.69) is 9.82 Å². The van der Waals surface area contributed by atoms with Crippen molar-refractivity contribution in [3.8, 4) is 0 Å². The van der Waals surface area contributed by atoms with Crippen molar-refractivity contribution >= 4 is 15.8 Å². The van der Waals surface area contributed by atoms with Gasteiger partial charge in [0.1, 0.15) is 4.90 Å². The number of benzene rings is 1. The van der Waals surface area contributed by atoms with Crippen LogP contribution in [0.1, 0.15) is 24.5 Å². The number of nitrogens with zero attached hydrogens (tertiary/aromatic N) is 2. The lowest BCUT2D eigenvalue weighted by Crippen LogP contribution is -2.23. The zero-order valence-electron chi connectivity index (χ0n) is 12.2. The maximum atomic E-state index is 12.3. The zero-order valence-corrected chi connectivity index (χ0v) is 13.0. The smallest absolute Gasteiger partial charge is 0.246 e. The second-order valence-corrected chi connectivity index (χ2v) is 6.69.